The molecule has 0 radical (unpaired) electrons. The van der Waals surface area contributed by atoms with E-state index in [1.165, 1.54) is 0 Å². The van der Waals surface area contributed by atoms with Crippen LogP contribution in [-0.2, 0) is 4.79 Å². The van der Waals surface area contributed by atoms with Gasteiger partial charge in [0.25, 0.3) is 0 Å². The molecule has 2 aromatic carbocycles. The first-order valence-corrected chi connectivity index (χ1v) is 7.98. The number of halogens is 1. The zero-order chi connectivity index (χ0) is 16.2. The van der Waals surface area contributed by atoms with Gasteiger partial charge < -0.3 is 14.7 Å². The third kappa shape index (κ3) is 3.66. The van der Waals surface area contributed by atoms with Crippen LogP contribution in [0.1, 0.15) is 24.5 Å². The second kappa shape index (κ2) is 7.02. The van der Waals surface area contributed by atoms with Crippen LogP contribution in [0.3, 0.4) is 0 Å². The van der Waals surface area contributed by atoms with Crippen molar-refractivity contribution in [2.45, 2.75) is 18.9 Å². The Labute approximate surface area is 140 Å². The highest BCUT2D eigenvalue weighted by molar-refractivity contribution is 6.30. The van der Waals surface area contributed by atoms with Gasteiger partial charge in [0.05, 0.1) is 19.1 Å². The van der Waals surface area contributed by atoms with Gasteiger partial charge in [-0.3, -0.25) is 4.79 Å². The summed E-state index contributed by atoms with van der Waals surface area (Å²) in [5, 5.41) is 10.6. The second-order valence-electron chi connectivity index (χ2n) is 5.46. The molecule has 23 heavy (non-hydrogen) atoms. The zero-order valence-corrected chi connectivity index (χ0v) is 13.4. The normalized spacial score (nSPS) is 16.8. The number of rotatable bonds is 4. The van der Waals surface area contributed by atoms with Crippen molar-refractivity contribution in [1.29, 1.82) is 0 Å². The summed E-state index contributed by atoms with van der Waals surface area (Å²) >= 11 is 5.99. The molecule has 4 nitrogen and oxygen atoms in total. The Hall–Kier alpha value is -2.04. The number of anilines is 1. The molecule has 0 aromatic heterocycles. The molecule has 1 N–H and O–H groups in total. The minimum atomic E-state index is -0.576. The number of carbonyl (C=O) groups is 1. The predicted octanol–water partition coefficient (Wildman–Crippen LogP) is 3.58. The lowest BCUT2D eigenvalue weighted by Gasteiger charge is -2.32. The Bertz CT molecular complexity index is 690. The molecule has 0 bridgehead atoms. The van der Waals surface area contributed by atoms with Gasteiger partial charge in [-0.25, -0.2) is 0 Å². The van der Waals surface area contributed by atoms with Crippen LogP contribution in [0.5, 0.6) is 5.75 Å². The molecule has 1 aliphatic heterocycles. The molecule has 5 heteroatoms. The van der Waals surface area contributed by atoms with Crippen LogP contribution in [0.15, 0.2) is 48.5 Å². The lowest BCUT2D eigenvalue weighted by molar-refractivity contribution is -0.119. The van der Waals surface area contributed by atoms with Gasteiger partial charge in [0.1, 0.15) is 5.75 Å². The first kappa shape index (κ1) is 15.8. The molecule has 0 saturated heterocycles. The Morgan fingerprint density at radius 3 is 2.83 bits per heavy atom. The standard InChI is InChI=1S/C18H18ClNO3/c19-13-6-7-16-15(12-13)17(21)8-10-20(16)18(22)9-11-23-14-4-2-1-3-5-14/h1-7,12,17,21H,8-11H2. The van der Waals surface area contributed by atoms with Crippen LogP contribution in [-0.4, -0.2) is 24.2 Å². The van der Waals surface area contributed by atoms with Gasteiger partial charge in [-0.15, -0.1) is 0 Å². The lowest BCUT2D eigenvalue weighted by atomic mass is 9.98. The summed E-state index contributed by atoms with van der Waals surface area (Å²) in [5.74, 6) is 0.734. The van der Waals surface area contributed by atoms with Gasteiger partial charge in [0, 0.05) is 22.8 Å². The fourth-order valence-electron chi connectivity index (χ4n) is 2.73. The SMILES string of the molecule is O=C(CCOc1ccccc1)N1CCC(O)c2cc(Cl)ccc21. The number of aliphatic hydroxyl groups is 1. The van der Waals surface area contributed by atoms with Crippen LogP contribution >= 0.6 is 11.6 Å². The van der Waals surface area contributed by atoms with Gasteiger partial charge >= 0.3 is 0 Å². The number of carbonyl (C=O) groups excluding carboxylic acids is 1. The lowest BCUT2D eigenvalue weighted by Crippen LogP contribution is -2.37. The summed E-state index contributed by atoms with van der Waals surface area (Å²) in [6, 6.07) is 14.7. The summed E-state index contributed by atoms with van der Waals surface area (Å²) in [6.45, 7) is 0.824. The van der Waals surface area contributed by atoms with Crippen molar-refractivity contribution in [3.63, 3.8) is 0 Å². The minimum Gasteiger partial charge on any atom is -0.493 e. The maximum atomic E-state index is 12.5. The van der Waals surface area contributed by atoms with Crippen molar-refractivity contribution in [2.24, 2.45) is 0 Å². The van der Waals surface area contributed by atoms with Crippen LogP contribution in [0, 0.1) is 0 Å². The maximum absolute atomic E-state index is 12.5. The van der Waals surface area contributed by atoms with Gasteiger partial charge in [-0.2, -0.15) is 0 Å². The number of benzene rings is 2. The van der Waals surface area contributed by atoms with Crippen LogP contribution in [0.25, 0.3) is 0 Å². The van der Waals surface area contributed by atoms with E-state index in [0.717, 1.165) is 11.4 Å². The van der Waals surface area contributed by atoms with Crippen LogP contribution in [0.4, 0.5) is 5.69 Å². The van der Waals surface area contributed by atoms with Crippen molar-refractivity contribution in [2.75, 3.05) is 18.1 Å². The Morgan fingerprint density at radius 2 is 2.04 bits per heavy atom. The quantitative estimate of drug-likeness (QED) is 0.931. The smallest absolute Gasteiger partial charge is 0.230 e. The minimum absolute atomic E-state index is 0.0172. The highest BCUT2D eigenvalue weighted by Crippen LogP contribution is 2.35. The molecule has 0 saturated carbocycles. The van der Waals surface area contributed by atoms with E-state index in [0.29, 0.717) is 30.2 Å². The number of para-hydroxylation sites is 1. The van der Waals surface area contributed by atoms with Crippen molar-refractivity contribution in [3.8, 4) is 5.75 Å². The van der Waals surface area contributed by atoms with Crippen molar-refractivity contribution in [1.82, 2.24) is 0 Å². The molecule has 1 atom stereocenters. The van der Waals surface area contributed by atoms with E-state index < -0.39 is 6.10 Å². The first-order chi connectivity index (χ1) is 11.1. The summed E-state index contributed by atoms with van der Waals surface area (Å²) in [5.41, 5.74) is 1.44. The summed E-state index contributed by atoms with van der Waals surface area (Å²) in [6.07, 6.45) is 0.222. The molecule has 1 unspecified atom stereocenters. The number of hydrogen-bond donors (Lipinski definition) is 1. The molecule has 1 amide bonds. The number of fused-ring (bicyclic) bond motifs is 1. The van der Waals surface area contributed by atoms with Crippen molar-refractivity contribution in [3.05, 3.63) is 59.1 Å². The molecular formula is C18H18ClNO3. The number of amides is 1. The van der Waals surface area contributed by atoms with E-state index >= 15 is 0 Å². The summed E-state index contributed by atoms with van der Waals surface area (Å²) < 4.78 is 5.58. The maximum Gasteiger partial charge on any atom is 0.230 e. The largest absolute Gasteiger partial charge is 0.493 e. The van der Waals surface area contributed by atoms with E-state index in [4.69, 9.17) is 16.3 Å². The van der Waals surface area contributed by atoms with Crippen molar-refractivity contribution >= 4 is 23.2 Å². The van der Waals surface area contributed by atoms with Gasteiger partial charge in [0.15, 0.2) is 0 Å². The van der Waals surface area contributed by atoms with Crippen LogP contribution < -0.4 is 9.64 Å². The average molecular weight is 332 g/mol. The fraction of sp³-hybridized carbons (Fsp3) is 0.278. The van der Waals surface area contributed by atoms with E-state index in [-0.39, 0.29) is 12.3 Å². The third-order valence-corrected chi connectivity index (χ3v) is 4.13. The molecule has 1 aliphatic rings. The molecule has 1 heterocycles. The number of aliphatic hydroxyl groups excluding tert-OH is 1. The first-order valence-electron chi connectivity index (χ1n) is 7.61. The molecule has 0 aliphatic carbocycles. The molecule has 0 spiro atoms. The molecule has 2 aromatic rings. The molecule has 3 rings (SSSR count). The number of hydrogen-bond acceptors (Lipinski definition) is 3. The van der Waals surface area contributed by atoms with E-state index in [1.807, 2.05) is 30.3 Å². The van der Waals surface area contributed by atoms with Gasteiger partial charge in [-0.1, -0.05) is 29.8 Å². The topological polar surface area (TPSA) is 49.8 Å². The average Bonchev–Trinajstić information content (AvgIpc) is 2.56. The van der Waals surface area contributed by atoms with Gasteiger partial charge in [-0.05, 0) is 36.8 Å². The fourth-order valence-corrected chi connectivity index (χ4v) is 2.91. The van der Waals surface area contributed by atoms with Gasteiger partial charge in [0.2, 0.25) is 5.91 Å². The van der Waals surface area contributed by atoms with E-state index in [9.17, 15) is 9.90 Å². The Morgan fingerprint density at radius 1 is 1.26 bits per heavy atom. The number of nitrogens with zero attached hydrogens (tertiary/aromatic N) is 1. The highest BCUT2D eigenvalue weighted by Gasteiger charge is 2.27. The second-order valence-corrected chi connectivity index (χ2v) is 5.90. The van der Waals surface area contributed by atoms with Crippen LogP contribution in [0.2, 0.25) is 5.02 Å². The third-order valence-electron chi connectivity index (χ3n) is 3.89. The number of ether oxygens (including phenoxy) is 1. The predicted molar refractivity (Wildman–Crippen MR) is 89.9 cm³/mol. The Balaban J connectivity index is 1.65. The highest BCUT2D eigenvalue weighted by atomic mass is 35.5. The zero-order valence-electron chi connectivity index (χ0n) is 12.6. The van der Waals surface area contributed by atoms with Crippen molar-refractivity contribution < 1.29 is 14.6 Å². The van der Waals surface area contributed by atoms with E-state index in [1.54, 1.807) is 23.1 Å². The Kier molecular flexibility index (Phi) is 4.84. The summed E-state index contributed by atoms with van der Waals surface area (Å²) in [4.78, 5) is 14.2. The monoisotopic (exact) mass is 331 g/mol. The summed E-state index contributed by atoms with van der Waals surface area (Å²) in [7, 11) is 0. The molecule has 120 valence electrons. The molecular weight excluding hydrogens is 314 g/mol. The molecule has 0 fully saturated rings. The van der Waals surface area contributed by atoms with E-state index in [2.05, 4.69) is 0 Å².